The van der Waals surface area contributed by atoms with Crippen LogP contribution in [0.15, 0.2) is 30.3 Å². The highest BCUT2D eigenvalue weighted by Crippen LogP contribution is 2.25. The standard InChI is InChI=1S/C24H35N5O/c1-19(25-23(30)13-12-20-8-4-2-5-9-20)24-27-26-22-14-15-28(16-17-29(22)24)18-21-10-6-3-7-11-21/h2,4-5,8-9,19,21H,3,6-7,10-18H2,1H3,(H,25,30). The van der Waals surface area contributed by atoms with Crippen LogP contribution >= 0.6 is 0 Å². The van der Waals surface area contributed by atoms with E-state index in [-0.39, 0.29) is 11.9 Å². The van der Waals surface area contributed by atoms with Gasteiger partial charge in [0.25, 0.3) is 0 Å². The van der Waals surface area contributed by atoms with Crippen molar-refractivity contribution < 1.29 is 4.79 Å². The molecule has 4 rings (SSSR count). The maximum absolute atomic E-state index is 12.5. The Labute approximate surface area is 180 Å². The van der Waals surface area contributed by atoms with Crippen LogP contribution in [0.3, 0.4) is 0 Å². The van der Waals surface area contributed by atoms with Gasteiger partial charge in [-0.05, 0) is 37.7 Å². The van der Waals surface area contributed by atoms with Crippen molar-refractivity contribution in [3.05, 3.63) is 47.5 Å². The van der Waals surface area contributed by atoms with Gasteiger partial charge in [0.1, 0.15) is 5.82 Å². The van der Waals surface area contributed by atoms with Crippen LogP contribution in [0.2, 0.25) is 0 Å². The number of hydrogen-bond donors (Lipinski definition) is 1. The number of nitrogens with one attached hydrogen (secondary N) is 1. The Balaban J connectivity index is 1.30. The lowest BCUT2D eigenvalue weighted by Gasteiger charge is -2.28. The van der Waals surface area contributed by atoms with Crippen LogP contribution in [-0.2, 0) is 24.2 Å². The Bertz CT molecular complexity index is 812. The Morgan fingerprint density at radius 3 is 2.70 bits per heavy atom. The van der Waals surface area contributed by atoms with Crippen molar-refractivity contribution >= 4 is 5.91 Å². The van der Waals surface area contributed by atoms with Gasteiger partial charge >= 0.3 is 0 Å². The van der Waals surface area contributed by atoms with Gasteiger partial charge in [-0.25, -0.2) is 0 Å². The average Bonchev–Trinajstić information content (AvgIpc) is 3.08. The zero-order chi connectivity index (χ0) is 20.8. The molecule has 0 bridgehead atoms. The monoisotopic (exact) mass is 409 g/mol. The predicted molar refractivity (Wildman–Crippen MR) is 118 cm³/mol. The molecule has 1 N–H and O–H groups in total. The summed E-state index contributed by atoms with van der Waals surface area (Å²) in [6.07, 6.45) is 9.17. The van der Waals surface area contributed by atoms with E-state index in [0.29, 0.717) is 6.42 Å². The van der Waals surface area contributed by atoms with Gasteiger partial charge in [-0.3, -0.25) is 4.79 Å². The summed E-state index contributed by atoms with van der Waals surface area (Å²) in [5, 5.41) is 12.0. The van der Waals surface area contributed by atoms with Crippen LogP contribution in [0.4, 0.5) is 0 Å². The van der Waals surface area contributed by atoms with Crippen LogP contribution in [0, 0.1) is 5.92 Å². The molecular weight excluding hydrogens is 374 g/mol. The van der Waals surface area contributed by atoms with E-state index in [0.717, 1.165) is 50.0 Å². The fraction of sp³-hybridized carbons (Fsp3) is 0.625. The maximum atomic E-state index is 12.5. The zero-order valence-corrected chi connectivity index (χ0v) is 18.2. The first kappa shape index (κ1) is 21.0. The third kappa shape index (κ3) is 5.48. The molecular formula is C24H35N5O. The van der Waals surface area contributed by atoms with Crippen molar-refractivity contribution in [1.29, 1.82) is 0 Å². The zero-order valence-electron chi connectivity index (χ0n) is 18.2. The molecule has 162 valence electrons. The van der Waals surface area contributed by atoms with E-state index in [1.54, 1.807) is 0 Å². The smallest absolute Gasteiger partial charge is 0.220 e. The van der Waals surface area contributed by atoms with Gasteiger partial charge in [-0.15, -0.1) is 10.2 Å². The summed E-state index contributed by atoms with van der Waals surface area (Å²) < 4.78 is 2.24. The van der Waals surface area contributed by atoms with E-state index < -0.39 is 0 Å². The first-order chi connectivity index (χ1) is 14.7. The molecule has 1 atom stereocenters. The Morgan fingerprint density at radius 1 is 1.10 bits per heavy atom. The van der Waals surface area contributed by atoms with Gasteiger partial charge in [0, 0.05) is 39.0 Å². The fourth-order valence-electron chi connectivity index (χ4n) is 4.91. The summed E-state index contributed by atoms with van der Waals surface area (Å²) in [6, 6.07) is 10.0. The largest absolute Gasteiger partial charge is 0.346 e. The topological polar surface area (TPSA) is 63.1 Å². The second-order valence-electron chi connectivity index (χ2n) is 8.96. The van der Waals surface area contributed by atoms with Gasteiger partial charge in [0.05, 0.1) is 6.04 Å². The SMILES string of the molecule is CC(NC(=O)CCc1ccccc1)c1nnc2n1CCN(CC1CCCCC1)CC2. The molecule has 2 aliphatic rings. The summed E-state index contributed by atoms with van der Waals surface area (Å²) in [5.74, 6) is 2.87. The normalized spacial score (nSPS) is 19.1. The van der Waals surface area contributed by atoms with E-state index in [1.807, 2.05) is 25.1 Å². The molecule has 0 radical (unpaired) electrons. The molecule has 1 aliphatic heterocycles. The van der Waals surface area contributed by atoms with Crippen LogP contribution in [0.25, 0.3) is 0 Å². The molecule has 0 spiro atoms. The van der Waals surface area contributed by atoms with E-state index >= 15 is 0 Å². The minimum absolute atomic E-state index is 0.0660. The molecule has 0 saturated heterocycles. The molecule has 6 heteroatoms. The van der Waals surface area contributed by atoms with Gasteiger partial charge in [0.15, 0.2) is 5.82 Å². The Hall–Kier alpha value is -2.21. The highest BCUT2D eigenvalue weighted by Gasteiger charge is 2.24. The first-order valence-electron chi connectivity index (χ1n) is 11.7. The number of carbonyl (C=O) groups excluding carboxylic acids is 1. The van der Waals surface area contributed by atoms with Gasteiger partial charge < -0.3 is 14.8 Å². The Morgan fingerprint density at radius 2 is 1.90 bits per heavy atom. The third-order valence-corrected chi connectivity index (χ3v) is 6.64. The highest BCUT2D eigenvalue weighted by molar-refractivity contribution is 5.76. The van der Waals surface area contributed by atoms with E-state index in [9.17, 15) is 4.79 Å². The number of nitrogens with zero attached hydrogens (tertiary/aromatic N) is 4. The second kappa shape index (κ2) is 10.2. The number of rotatable bonds is 7. The highest BCUT2D eigenvalue weighted by atomic mass is 16.1. The molecule has 1 aromatic carbocycles. The number of benzene rings is 1. The lowest BCUT2D eigenvalue weighted by molar-refractivity contribution is -0.121. The van der Waals surface area contributed by atoms with Crippen molar-refractivity contribution in [1.82, 2.24) is 25.0 Å². The van der Waals surface area contributed by atoms with Gasteiger partial charge in [-0.1, -0.05) is 49.6 Å². The maximum Gasteiger partial charge on any atom is 0.220 e. The van der Waals surface area contributed by atoms with Crippen LogP contribution in [0.5, 0.6) is 0 Å². The van der Waals surface area contributed by atoms with Crippen LogP contribution in [-0.4, -0.2) is 45.2 Å². The van der Waals surface area contributed by atoms with Crippen LogP contribution < -0.4 is 5.32 Å². The molecule has 1 fully saturated rings. The van der Waals surface area contributed by atoms with Crippen molar-refractivity contribution in [2.24, 2.45) is 5.92 Å². The molecule has 6 nitrogen and oxygen atoms in total. The lowest BCUT2D eigenvalue weighted by Crippen LogP contribution is -2.33. The second-order valence-corrected chi connectivity index (χ2v) is 8.96. The van der Waals surface area contributed by atoms with Gasteiger partial charge in [0.2, 0.25) is 5.91 Å². The minimum atomic E-state index is -0.126. The number of hydrogen-bond acceptors (Lipinski definition) is 4. The number of carbonyl (C=O) groups is 1. The quantitative estimate of drug-likeness (QED) is 0.760. The molecule has 1 aromatic heterocycles. The fourth-order valence-corrected chi connectivity index (χ4v) is 4.91. The lowest BCUT2D eigenvalue weighted by atomic mass is 9.89. The van der Waals surface area contributed by atoms with Crippen molar-refractivity contribution in [3.63, 3.8) is 0 Å². The predicted octanol–water partition coefficient (Wildman–Crippen LogP) is 3.53. The summed E-state index contributed by atoms with van der Waals surface area (Å²) in [5.41, 5.74) is 1.19. The van der Waals surface area contributed by atoms with Crippen LogP contribution in [0.1, 0.15) is 68.7 Å². The molecule has 1 aliphatic carbocycles. The summed E-state index contributed by atoms with van der Waals surface area (Å²) >= 11 is 0. The molecule has 1 saturated carbocycles. The summed E-state index contributed by atoms with van der Waals surface area (Å²) in [7, 11) is 0. The minimum Gasteiger partial charge on any atom is -0.346 e. The summed E-state index contributed by atoms with van der Waals surface area (Å²) in [6.45, 7) is 6.26. The molecule has 1 unspecified atom stereocenters. The number of aryl methyl sites for hydroxylation is 1. The van der Waals surface area contributed by atoms with Gasteiger partial charge in [-0.2, -0.15) is 0 Å². The Kier molecular flexibility index (Phi) is 7.16. The number of aromatic nitrogens is 3. The summed E-state index contributed by atoms with van der Waals surface area (Å²) in [4.78, 5) is 15.1. The van der Waals surface area contributed by atoms with Crippen molar-refractivity contribution in [2.75, 3.05) is 19.6 Å². The molecule has 1 amide bonds. The molecule has 2 heterocycles. The van der Waals surface area contributed by atoms with E-state index in [2.05, 4.69) is 37.1 Å². The van der Waals surface area contributed by atoms with Crippen molar-refractivity contribution in [2.45, 2.75) is 70.9 Å². The molecule has 2 aromatic rings. The van der Waals surface area contributed by atoms with E-state index in [1.165, 1.54) is 44.2 Å². The van der Waals surface area contributed by atoms with E-state index in [4.69, 9.17) is 0 Å². The average molecular weight is 410 g/mol. The first-order valence-corrected chi connectivity index (χ1v) is 11.7. The van der Waals surface area contributed by atoms with Crippen molar-refractivity contribution in [3.8, 4) is 0 Å². The number of amides is 1. The number of fused-ring (bicyclic) bond motifs is 1. The third-order valence-electron chi connectivity index (χ3n) is 6.64. The molecule has 30 heavy (non-hydrogen) atoms.